The maximum atomic E-state index is 13.1. The molecule has 2 aliphatic carbocycles. The number of aliphatic hydroxyl groups excluding tert-OH is 2. The minimum atomic E-state index is -1.00. The molecule has 0 aromatic heterocycles. The molecule has 0 spiro atoms. The highest BCUT2D eigenvalue weighted by Crippen LogP contribution is 2.36. The van der Waals surface area contributed by atoms with E-state index in [1.807, 2.05) is 44.4 Å². The molecule has 4 amide bonds. The summed E-state index contributed by atoms with van der Waals surface area (Å²) in [6.07, 6.45) is 9.61. The van der Waals surface area contributed by atoms with Gasteiger partial charge in [0.15, 0.2) is 0 Å². The molecule has 10 heteroatoms. The molecule has 6 N–H and O–H groups in total. The average molecular weight is 602 g/mol. The van der Waals surface area contributed by atoms with Crippen molar-refractivity contribution in [3.63, 3.8) is 0 Å². The normalized spacial score (nSPS) is 18.3. The van der Waals surface area contributed by atoms with Crippen LogP contribution in [-0.4, -0.2) is 91.0 Å². The van der Waals surface area contributed by atoms with Crippen LogP contribution in [0.15, 0.2) is 30.3 Å². The number of amides is 4. The summed E-state index contributed by atoms with van der Waals surface area (Å²) >= 11 is 0. The molecule has 43 heavy (non-hydrogen) atoms. The Bertz CT molecular complexity index is 968. The molecule has 10 nitrogen and oxygen atoms in total. The van der Waals surface area contributed by atoms with E-state index in [1.54, 1.807) is 0 Å². The number of urea groups is 1. The molecule has 242 valence electrons. The zero-order chi connectivity index (χ0) is 31.0. The van der Waals surface area contributed by atoms with Crippen LogP contribution in [0.25, 0.3) is 0 Å². The van der Waals surface area contributed by atoms with Gasteiger partial charge < -0.3 is 36.4 Å². The lowest BCUT2D eigenvalue weighted by atomic mass is 9.82. The Hall–Kier alpha value is -2.69. The van der Waals surface area contributed by atoms with Gasteiger partial charge in [-0.3, -0.25) is 9.59 Å². The van der Waals surface area contributed by atoms with Gasteiger partial charge in [0.1, 0.15) is 12.1 Å². The van der Waals surface area contributed by atoms with E-state index >= 15 is 0 Å². The fraction of sp³-hybridized carbons (Fsp3) is 0.727. The Morgan fingerprint density at radius 3 is 2.28 bits per heavy atom. The monoisotopic (exact) mass is 601 g/mol. The molecule has 0 unspecified atom stereocenters. The Labute approximate surface area is 257 Å². The molecule has 0 aliphatic heterocycles. The summed E-state index contributed by atoms with van der Waals surface area (Å²) in [5, 5.41) is 32.9. The summed E-state index contributed by atoms with van der Waals surface area (Å²) in [6.45, 7) is 1.64. The van der Waals surface area contributed by atoms with Crippen LogP contribution in [0.1, 0.15) is 82.6 Å². The van der Waals surface area contributed by atoms with Gasteiger partial charge in [-0.1, -0.05) is 68.9 Å². The fourth-order valence-electron chi connectivity index (χ4n) is 5.92. The molecule has 3 rings (SSSR count). The maximum absolute atomic E-state index is 13.1. The third-order valence-electron chi connectivity index (χ3n) is 8.65. The minimum Gasteiger partial charge on any atom is -0.390 e. The van der Waals surface area contributed by atoms with Crippen molar-refractivity contribution in [2.45, 2.75) is 108 Å². The molecule has 1 aromatic carbocycles. The summed E-state index contributed by atoms with van der Waals surface area (Å²) < 4.78 is 0. The molecule has 0 radical (unpaired) electrons. The van der Waals surface area contributed by atoms with Crippen LogP contribution in [0.4, 0.5) is 4.79 Å². The van der Waals surface area contributed by atoms with E-state index in [9.17, 15) is 24.6 Å². The molecule has 2 aliphatic rings. The number of nitrogens with zero attached hydrogens (tertiary/aromatic N) is 1. The van der Waals surface area contributed by atoms with Gasteiger partial charge in [0, 0.05) is 25.9 Å². The van der Waals surface area contributed by atoms with E-state index in [2.05, 4.69) is 26.2 Å². The zero-order valence-electron chi connectivity index (χ0n) is 26.2. The minimum absolute atomic E-state index is 0.0380. The number of hydrogen-bond acceptors (Lipinski definition) is 6. The van der Waals surface area contributed by atoms with E-state index in [4.69, 9.17) is 0 Å². The van der Waals surface area contributed by atoms with Crippen molar-refractivity contribution < 1.29 is 24.6 Å². The topological polar surface area (TPSA) is 143 Å². The lowest BCUT2D eigenvalue weighted by molar-refractivity contribution is -0.124. The van der Waals surface area contributed by atoms with Crippen LogP contribution >= 0.6 is 0 Å². The lowest BCUT2D eigenvalue weighted by Gasteiger charge is -2.32. The van der Waals surface area contributed by atoms with Crippen LogP contribution in [0, 0.1) is 11.8 Å². The molecular weight excluding hydrogens is 546 g/mol. The van der Waals surface area contributed by atoms with Crippen molar-refractivity contribution in [3.05, 3.63) is 35.9 Å². The second kappa shape index (κ2) is 18.9. The maximum Gasteiger partial charge on any atom is 0.315 e. The standard InChI is InChI=1S/C33H55N5O5/c1-38(2)21-11-5-10-19-35-33(43)37-28(23-25-14-8-4-9-15-25)32(42)34-20-18-29(39)36-27(22-24-12-6-3-7-13-24)31(41)30(40)26-16-17-26/h4,8-9,14-15,24,26-28,30-31,40-41H,3,5-7,10-13,16-23H2,1-2H3,(H,34,42)(H,36,39)(H2,35,37,43)/t27-,28-,30-,31+/m0/s1. The third kappa shape index (κ3) is 13.7. The Morgan fingerprint density at radius 1 is 0.884 bits per heavy atom. The van der Waals surface area contributed by atoms with Gasteiger partial charge in [0.05, 0.1) is 12.1 Å². The van der Waals surface area contributed by atoms with Crippen molar-refractivity contribution in [3.8, 4) is 0 Å². The van der Waals surface area contributed by atoms with Crippen molar-refractivity contribution in [1.29, 1.82) is 0 Å². The number of carbonyl (C=O) groups is 3. The first-order valence-corrected chi connectivity index (χ1v) is 16.4. The molecule has 2 saturated carbocycles. The quantitative estimate of drug-likeness (QED) is 0.135. The number of aliphatic hydroxyl groups is 2. The first-order valence-electron chi connectivity index (χ1n) is 16.4. The van der Waals surface area contributed by atoms with Crippen molar-refractivity contribution in [2.24, 2.45) is 11.8 Å². The van der Waals surface area contributed by atoms with Gasteiger partial charge in [-0.2, -0.15) is 0 Å². The van der Waals surface area contributed by atoms with Gasteiger partial charge in [-0.05, 0) is 70.1 Å². The third-order valence-corrected chi connectivity index (χ3v) is 8.65. The first kappa shape index (κ1) is 34.8. The lowest BCUT2D eigenvalue weighted by Crippen LogP contribution is -2.52. The van der Waals surface area contributed by atoms with Crippen molar-refractivity contribution in [2.75, 3.05) is 33.7 Å². The van der Waals surface area contributed by atoms with Gasteiger partial charge in [0.2, 0.25) is 11.8 Å². The summed E-state index contributed by atoms with van der Waals surface area (Å²) in [5.41, 5.74) is 0.915. The van der Waals surface area contributed by atoms with E-state index in [-0.39, 0.29) is 30.7 Å². The van der Waals surface area contributed by atoms with Gasteiger partial charge in [-0.15, -0.1) is 0 Å². The predicted molar refractivity (Wildman–Crippen MR) is 168 cm³/mol. The van der Waals surface area contributed by atoms with Crippen molar-refractivity contribution >= 4 is 17.8 Å². The Balaban J connectivity index is 1.48. The van der Waals surface area contributed by atoms with Gasteiger partial charge in [-0.25, -0.2) is 4.79 Å². The average Bonchev–Trinajstić information content (AvgIpc) is 3.84. The number of hydrogen-bond donors (Lipinski definition) is 6. The number of unbranched alkanes of at least 4 members (excludes halogenated alkanes) is 2. The second-order valence-corrected chi connectivity index (χ2v) is 12.8. The molecule has 1 aromatic rings. The number of nitrogens with one attached hydrogen (secondary N) is 4. The van der Waals surface area contributed by atoms with E-state index in [0.29, 0.717) is 25.3 Å². The first-order chi connectivity index (χ1) is 20.7. The summed E-state index contributed by atoms with van der Waals surface area (Å²) in [5.74, 6) is -0.105. The van der Waals surface area contributed by atoms with Crippen LogP contribution in [-0.2, 0) is 16.0 Å². The smallest absolute Gasteiger partial charge is 0.315 e. The van der Waals surface area contributed by atoms with Crippen LogP contribution in [0.3, 0.4) is 0 Å². The Morgan fingerprint density at radius 2 is 1.60 bits per heavy atom. The zero-order valence-corrected chi connectivity index (χ0v) is 26.2. The highest BCUT2D eigenvalue weighted by molar-refractivity contribution is 5.87. The predicted octanol–water partition coefficient (Wildman–Crippen LogP) is 2.72. The highest BCUT2D eigenvalue weighted by atomic mass is 16.3. The van der Waals surface area contributed by atoms with Crippen molar-refractivity contribution in [1.82, 2.24) is 26.2 Å². The van der Waals surface area contributed by atoms with E-state index in [1.165, 1.54) is 6.42 Å². The summed E-state index contributed by atoms with van der Waals surface area (Å²) in [4.78, 5) is 40.8. The molecular formula is C33H55N5O5. The SMILES string of the molecule is CN(C)CCCCCNC(=O)N[C@@H](Cc1ccccc1)C(=O)NCCC(=O)N[C@@H](CC1CCCCC1)[C@@H](O)[C@@H](O)C1CC1. The molecule has 0 bridgehead atoms. The van der Waals surface area contributed by atoms with Gasteiger partial charge >= 0.3 is 6.03 Å². The molecule has 0 heterocycles. The largest absolute Gasteiger partial charge is 0.390 e. The molecule has 0 saturated heterocycles. The molecule has 4 atom stereocenters. The number of carbonyl (C=O) groups excluding carboxylic acids is 3. The number of benzene rings is 1. The summed E-state index contributed by atoms with van der Waals surface area (Å²) in [6, 6.07) is 7.79. The van der Waals surface area contributed by atoms with Crippen LogP contribution < -0.4 is 21.3 Å². The highest BCUT2D eigenvalue weighted by Gasteiger charge is 2.39. The van der Waals surface area contributed by atoms with Gasteiger partial charge in [0.25, 0.3) is 0 Å². The second-order valence-electron chi connectivity index (χ2n) is 12.8. The fourth-order valence-corrected chi connectivity index (χ4v) is 5.92. The van der Waals surface area contributed by atoms with E-state index in [0.717, 1.165) is 69.9 Å². The van der Waals surface area contributed by atoms with Crippen LogP contribution in [0.2, 0.25) is 0 Å². The Kier molecular flexibility index (Phi) is 15.3. The molecule has 2 fully saturated rings. The number of rotatable bonds is 19. The van der Waals surface area contributed by atoms with Crippen LogP contribution in [0.5, 0.6) is 0 Å². The summed E-state index contributed by atoms with van der Waals surface area (Å²) in [7, 11) is 4.08. The van der Waals surface area contributed by atoms with E-state index < -0.39 is 30.3 Å².